The number of anilines is 1. The zero-order valence-electron chi connectivity index (χ0n) is 12.5. The van der Waals surface area contributed by atoms with Gasteiger partial charge in [-0.15, -0.1) is 0 Å². The van der Waals surface area contributed by atoms with Gasteiger partial charge in [0.25, 0.3) is 5.91 Å². The fourth-order valence-corrected chi connectivity index (χ4v) is 2.14. The lowest BCUT2D eigenvalue weighted by Crippen LogP contribution is -2.52. The molecular formula is C15H22N4O2. The fourth-order valence-electron chi connectivity index (χ4n) is 2.14. The summed E-state index contributed by atoms with van der Waals surface area (Å²) < 4.78 is 5.10. The topological polar surface area (TPSA) is 70.8 Å². The maximum atomic E-state index is 11.9. The highest BCUT2D eigenvalue weighted by molar-refractivity contribution is 5.91. The Labute approximate surface area is 125 Å². The molecule has 1 fully saturated rings. The van der Waals surface area contributed by atoms with Crippen LogP contribution in [-0.4, -0.2) is 56.2 Å². The number of ether oxygens (including phenoxy) is 1. The molecule has 1 amide bonds. The van der Waals surface area contributed by atoms with E-state index >= 15 is 0 Å². The number of benzene rings is 1. The van der Waals surface area contributed by atoms with Crippen molar-refractivity contribution >= 4 is 17.7 Å². The van der Waals surface area contributed by atoms with Crippen molar-refractivity contribution in [3.05, 3.63) is 29.8 Å². The highest BCUT2D eigenvalue weighted by Gasteiger charge is 2.14. The van der Waals surface area contributed by atoms with Gasteiger partial charge >= 0.3 is 0 Å². The lowest BCUT2D eigenvalue weighted by atomic mass is 10.1. The Morgan fingerprint density at radius 3 is 2.67 bits per heavy atom. The van der Waals surface area contributed by atoms with Crippen molar-refractivity contribution in [3.63, 3.8) is 0 Å². The van der Waals surface area contributed by atoms with Crippen LogP contribution in [-0.2, 0) is 4.79 Å². The van der Waals surface area contributed by atoms with E-state index < -0.39 is 0 Å². The van der Waals surface area contributed by atoms with Gasteiger partial charge in [0.1, 0.15) is 5.75 Å². The number of nitrogens with two attached hydrogens (primary N) is 1. The molecule has 0 aliphatic carbocycles. The second-order valence-electron chi connectivity index (χ2n) is 5.10. The number of likely N-dealkylation sites (N-methyl/N-ethyl adjacent to an activating group) is 1. The van der Waals surface area contributed by atoms with E-state index in [0.29, 0.717) is 11.4 Å². The fraction of sp³-hybridized carbons (Fsp3) is 0.400. The molecule has 0 aromatic heterocycles. The maximum absolute atomic E-state index is 11.9. The van der Waals surface area contributed by atoms with Crippen LogP contribution in [0.5, 0.6) is 5.75 Å². The minimum absolute atomic E-state index is 0.131. The van der Waals surface area contributed by atoms with Crippen LogP contribution in [0, 0.1) is 0 Å². The molecule has 0 atom stereocenters. The highest BCUT2D eigenvalue weighted by atomic mass is 16.5. The third kappa shape index (κ3) is 4.47. The van der Waals surface area contributed by atoms with Crippen LogP contribution in [0.1, 0.15) is 5.56 Å². The number of carbonyl (C=O) groups excluding carboxylic acids is 1. The SMILES string of the molecule is COc1ccc(/C=C\C(=O)NN2CCN(C)CC2)cc1N. The van der Waals surface area contributed by atoms with Crippen molar-refractivity contribution < 1.29 is 9.53 Å². The molecule has 0 spiro atoms. The Hall–Kier alpha value is -2.05. The summed E-state index contributed by atoms with van der Waals surface area (Å²) >= 11 is 0. The van der Waals surface area contributed by atoms with Gasteiger partial charge in [-0.2, -0.15) is 0 Å². The van der Waals surface area contributed by atoms with Crippen LogP contribution in [0.4, 0.5) is 5.69 Å². The number of hydrazine groups is 1. The van der Waals surface area contributed by atoms with E-state index in [1.807, 2.05) is 11.1 Å². The first-order valence-corrected chi connectivity index (χ1v) is 6.94. The van der Waals surface area contributed by atoms with Crippen molar-refractivity contribution in [1.29, 1.82) is 0 Å². The summed E-state index contributed by atoms with van der Waals surface area (Å²) in [5, 5.41) is 1.94. The van der Waals surface area contributed by atoms with Gasteiger partial charge in [-0.1, -0.05) is 6.07 Å². The van der Waals surface area contributed by atoms with Gasteiger partial charge in [-0.3, -0.25) is 10.2 Å². The molecule has 1 aliphatic rings. The van der Waals surface area contributed by atoms with E-state index in [0.717, 1.165) is 31.7 Å². The van der Waals surface area contributed by atoms with Crippen molar-refractivity contribution in [2.75, 3.05) is 46.1 Å². The summed E-state index contributed by atoms with van der Waals surface area (Å²) in [6.45, 7) is 3.59. The minimum atomic E-state index is -0.131. The molecule has 114 valence electrons. The average Bonchev–Trinajstić information content (AvgIpc) is 2.48. The molecule has 21 heavy (non-hydrogen) atoms. The van der Waals surface area contributed by atoms with E-state index in [-0.39, 0.29) is 5.91 Å². The Bertz CT molecular complexity index is 522. The number of hydrogen-bond acceptors (Lipinski definition) is 5. The summed E-state index contributed by atoms with van der Waals surface area (Å²) in [6, 6.07) is 5.42. The minimum Gasteiger partial charge on any atom is -0.495 e. The van der Waals surface area contributed by atoms with Crippen molar-refractivity contribution in [2.45, 2.75) is 0 Å². The Kier molecular flexibility index (Phi) is 5.19. The van der Waals surface area contributed by atoms with Gasteiger partial charge < -0.3 is 15.4 Å². The van der Waals surface area contributed by atoms with Crippen LogP contribution in [0.25, 0.3) is 6.08 Å². The first-order chi connectivity index (χ1) is 10.1. The van der Waals surface area contributed by atoms with Crippen molar-refractivity contribution in [3.8, 4) is 5.75 Å². The summed E-state index contributed by atoms with van der Waals surface area (Å²) in [5.41, 5.74) is 10.1. The zero-order chi connectivity index (χ0) is 15.2. The maximum Gasteiger partial charge on any atom is 0.258 e. The van der Waals surface area contributed by atoms with E-state index in [1.54, 1.807) is 25.3 Å². The monoisotopic (exact) mass is 290 g/mol. The molecule has 6 heteroatoms. The van der Waals surface area contributed by atoms with Crippen molar-refractivity contribution in [2.24, 2.45) is 0 Å². The molecule has 0 bridgehead atoms. The van der Waals surface area contributed by atoms with Gasteiger partial charge in [-0.05, 0) is 30.8 Å². The van der Waals surface area contributed by atoms with Gasteiger partial charge in [0.15, 0.2) is 0 Å². The predicted octanol–water partition coefficient (Wildman–Crippen LogP) is 0.569. The zero-order valence-corrected chi connectivity index (χ0v) is 12.5. The Balaban J connectivity index is 1.88. The number of nitrogens with zero attached hydrogens (tertiary/aromatic N) is 2. The van der Waals surface area contributed by atoms with E-state index in [1.165, 1.54) is 6.08 Å². The van der Waals surface area contributed by atoms with Gasteiger partial charge in [0.2, 0.25) is 0 Å². The van der Waals surface area contributed by atoms with E-state index in [9.17, 15) is 4.79 Å². The Morgan fingerprint density at radius 1 is 1.33 bits per heavy atom. The second kappa shape index (κ2) is 7.10. The molecule has 1 saturated heterocycles. The summed E-state index contributed by atoms with van der Waals surface area (Å²) in [6.07, 6.45) is 3.25. The standard InChI is InChI=1S/C15H22N4O2/c1-18-7-9-19(10-8-18)17-15(20)6-4-12-3-5-14(21-2)13(16)11-12/h3-6,11H,7-10,16H2,1-2H3,(H,17,20)/b6-4-. The lowest BCUT2D eigenvalue weighted by Gasteiger charge is -2.31. The largest absolute Gasteiger partial charge is 0.495 e. The smallest absolute Gasteiger partial charge is 0.258 e. The molecule has 0 unspecified atom stereocenters. The number of carbonyl (C=O) groups is 1. The van der Waals surface area contributed by atoms with Crippen LogP contribution in [0.2, 0.25) is 0 Å². The van der Waals surface area contributed by atoms with E-state index in [2.05, 4.69) is 17.4 Å². The highest BCUT2D eigenvalue weighted by Crippen LogP contribution is 2.22. The molecular weight excluding hydrogens is 268 g/mol. The second-order valence-corrected chi connectivity index (χ2v) is 5.10. The van der Waals surface area contributed by atoms with Crippen LogP contribution >= 0.6 is 0 Å². The molecule has 6 nitrogen and oxygen atoms in total. The van der Waals surface area contributed by atoms with E-state index in [4.69, 9.17) is 10.5 Å². The van der Waals surface area contributed by atoms with Gasteiger partial charge in [-0.25, -0.2) is 5.01 Å². The number of hydrogen-bond donors (Lipinski definition) is 2. The number of amides is 1. The number of nitrogen functional groups attached to an aromatic ring is 1. The molecule has 1 heterocycles. The van der Waals surface area contributed by atoms with Crippen molar-refractivity contribution in [1.82, 2.24) is 15.3 Å². The molecule has 0 radical (unpaired) electrons. The molecule has 3 N–H and O–H groups in total. The number of piperazine rings is 1. The number of methoxy groups -OCH3 is 1. The molecule has 1 aliphatic heterocycles. The first-order valence-electron chi connectivity index (χ1n) is 6.94. The molecule has 0 saturated carbocycles. The normalized spacial score (nSPS) is 17.0. The van der Waals surface area contributed by atoms with Crippen LogP contribution in [0.15, 0.2) is 24.3 Å². The quantitative estimate of drug-likeness (QED) is 0.626. The number of nitrogens with one attached hydrogen (secondary N) is 1. The lowest BCUT2D eigenvalue weighted by molar-refractivity contribution is -0.121. The molecule has 1 aromatic carbocycles. The Morgan fingerprint density at radius 2 is 2.05 bits per heavy atom. The summed E-state index contributed by atoms with van der Waals surface area (Å²) in [7, 11) is 3.65. The predicted molar refractivity (Wildman–Crippen MR) is 83.7 cm³/mol. The number of rotatable bonds is 4. The van der Waals surface area contributed by atoms with Gasteiger partial charge in [0, 0.05) is 32.3 Å². The van der Waals surface area contributed by atoms with Crippen LogP contribution in [0.3, 0.4) is 0 Å². The first kappa shape index (κ1) is 15.3. The van der Waals surface area contributed by atoms with Gasteiger partial charge in [0.05, 0.1) is 12.8 Å². The third-order valence-corrected chi connectivity index (χ3v) is 3.45. The summed E-state index contributed by atoms with van der Waals surface area (Å²) in [4.78, 5) is 14.1. The average molecular weight is 290 g/mol. The summed E-state index contributed by atoms with van der Waals surface area (Å²) in [5.74, 6) is 0.503. The molecule has 2 rings (SSSR count). The van der Waals surface area contributed by atoms with Crippen LogP contribution < -0.4 is 15.9 Å². The molecule has 1 aromatic rings. The third-order valence-electron chi connectivity index (χ3n) is 3.45.